The molecule has 1 aromatic rings. The number of hydrogen-bond acceptors (Lipinski definition) is 4. The third-order valence-electron chi connectivity index (χ3n) is 3.28. The van der Waals surface area contributed by atoms with Crippen molar-refractivity contribution in [1.82, 2.24) is 4.98 Å². The number of aldehydes is 1. The third-order valence-corrected chi connectivity index (χ3v) is 7.84. The molecular formula is C12H21NO3Si. The van der Waals surface area contributed by atoms with Gasteiger partial charge in [-0.2, -0.15) is 0 Å². The maximum atomic E-state index is 10.5. The van der Waals surface area contributed by atoms with Gasteiger partial charge < -0.3 is 8.84 Å². The summed E-state index contributed by atoms with van der Waals surface area (Å²) in [6.07, 6.45) is 1.85. The van der Waals surface area contributed by atoms with E-state index in [1.165, 1.54) is 6.20 Å². The first-order chi connectivity index (χ1) is 7.67. The monoisotopic (exact) mass is 255 g/mol. The van der Waals surface area contributed by atoms with Gasteiger partial charge in [0.1, 0.15) is 6.10 Å². The number of aromatic nitrogens is 1. The molecule has 1 unspecified atom stereocenters. The van der Waals surface area contributed by atoms with Crippen LogP contribution in [0.1, 0.15) is 50.2 Å². The van der Waals surface area contributed by atoms with Crippen LogP contribution in [0.4, 0.5) is 0 Å². The number of carbonyl (C=O) groups excluding carboxylic acids is 1. The quantitative estimate of drug-likeness (QED) is 0.609. The summed E-state index contributed by atoms with van der Waals surface area (Å²) in [6, 6.07) is 0. The van der Waals surface area contributed by atoms with Gasteiger partial charge in [-0.05, 0) is 25.1 Å². The molecule has 0 aliphatic heterocycles. The van der Waals surface area contributed by atoms with Crippen molar-refractivity contribution in [3.05, 3.63) is 17.8 Å². The standard InChI is InChI=1S/C12H21NO3Si/c1-9(11-13-7-10(8-14)15-11)16-17(5,6)12(2,3)4/h7-9H,1-6H3. The van der Waals surface area contributed by atoms with Gasteiger partial charge >= 0.3 is 0 Å². The molecule has 0 bridgehead atoms. The second-order valence-corrected chi connectivity index (χ2v) is 10.5. The van der Waals surface area contributed by atoms with Gasteiger partial charge in [-0.15, -0.1) is 0 Å². The molecule has 17 heavy (non-hydrogen) atoms. The predicted molar refractivity (Wildman–Crippen MR) is 68.6 cm³/mol. The lowest BCUT2D eigenvalue weighted by Crippen LogP contribution is -2.41. The molecule has 1 aromatic heterocycles. The molecule has 0 saturated heterocycles. The number of carbonyl (C=O) groups is 1. The Kier molecular flexibility index (Phi) is 3.94. The minimum atomic E-state index is -1.84. The first-order valence-electron chi connectivity index (χ1n) is 5.76. The Morgan fingerprint density at radius 2 is 2.06 bits per heavy atom. The second-order valence-electron chi connectivity index (χ2n) is 5.74. The van der Waals surface area contributed by atoms with Crippen LogP contribution in [0.2, 0.25) is 18.1 Å². The van der Waals surface area contributed by atoms with Gasteiger partial charge in [0, 0.05) is 0 Å². The van der Waals surface area contributed by atoms with E-state index in [0.29, 0.717) is 12.2 Å². The van der Waals surface area contributed by atoms with Crippen LogP contribution in [0, 0.1) is 0 Å². The Labute approximate surface area is 104 Å². The normalized spacial score (nSPS) is 14.7. The predicted octanol–water partition coefficient (Wildman–Crippen LogP) is 3.57. The Hall–Kier alpha value is -0.943. The molecule has 0 fully saturated rings. The molecule has 5 heteroatoms. The lowest BCUT2D eigenvalue weighted by Gasteiger charge is -2.37. The van der Waals surface area contributed by atoms with Crippen molar-refractivity contribution in [2.75, 3.05) is 0 Å². The fourth-order valence-corrected chi connectivity index (χ4v) is 2.55. The second kappa shape index (κ2) is 4.74. The maximum Gasteiger partial charge on any atom is 0.222 e. The van der Waals surface area contributed by atoms with E-state index in [1.807, 2.05) is 6.92 Å². The van der Waals surface area contributed by atoms with E-state index >= 15 is 0 Å². The maximum absolute atomic E-state index is 10.5. The van der Waals surface area contributed by atoms with Crippen molar-refractivity contribution >= 4 is 14.6 Å². The van der Waals surface area contributed by atoms with E-state index < -0.39 is 8.32 Å². The molecule has 1 atom stereocenters. The first kappa shape index (κ1) is 14.1. The lowest BCUT2D eigenvalue weighted by atomic mass is 10.2. The Balaban J connectivity index is 2.78. The average Bonchev–Trinajstić information content (AvgIpc) is 2.63. The highest BCUT2D eigenvalue weighted by Crippen LogP contribution is 2.39. The minimum absolute atomic E-state index is 0.140. The van der Waals surface area contributed by atoms with Gasteiger partial charge in [0.05, 0.1) is 6.20 Å². The summed E-state index contributed by atoms with van der Waals surface area (Å²) in [6.45, 7) is 12.8. The Bertz CT molecular complexity index is 393. The summed E-state index contributed by atoms with van der Waals surface area (Å²) in [5, 5.41) is 0.140. The number of oxazole rings is 1. The number of rotatable bonds is 4. The molecule has 0 aliphatic rings. The molecule has 0 radical (unpaired) electrons. The molecule has 0 aliphatic carbocycles. The van der Waals surface area contributed by atoms with Crippen LogP contribution in [0.25, 0.3) is 0 Å². The van der Waals surface area contributed by atoms with Crippen LogP contribution in [0.5, 0.6) is 0 Å². The molecule has 1 rings (SSSR count). The Morgan fingerprint density at radius 1 is 1.47 bits per heavy atom. The van der Waals surface area contributed by atoms with Crippen molar-refractivity contribution in [2.45, 2.75) is 51.9 Å². The van der Waals surface area contributed by atoms with Crippen LogP contribution in [-0.4, -0.2) is 19.6 Å². The molecular weight excluding hydrogens is 234 g/mol. The minimum Gasteiger partial charge on any atom is -0.435 e. The summed E-state index contributed by atoms with van der Waals surface area (Å²) >= 11 is 0. The van der Waals surface area contributed by atoms with Crippen molar-refractivity contribution in [1.29, 1.82) is 0 Å². The zero-order valence-corrected chi connectivity index (χ0v) is 12.4. The van der Waals surface area contributed by atoms with Gasteiger partial charge in [0.15, 0.2) is 20.4 Å². The summed E-state index contributed by atoms with van der Waals surface area (Å²) in [5.74, 6) is 0.711. The highest BCUT2D eigenvalue weighted by molar-refractivity contribution is 6.74. The molecule has 4 nitrogen and oxygen atoms in total. The van der Waals surface area contributed by atoms with E-state index in [9.17, 15) is 4.79 Å². The largest absolute Gasteiger partial charge is 0.435 e. The van der Waals surface area contributed by atoms with E-state index in [0.717, 1.165) is 0 Å². The fourth-order valence-electron chi connectivity index (χ4n) is 1.21. The van der Waals surface area contributed by atoms with Crippen molar-refractivity contribution in [3.63, 3.8) is 0 Å². The molecule has 0 spiro atoms. The SMILES string of the molecule is CC(O[Si](C)(C)C(C)(C)C)c1ncc(C=O)o1. The molecule has 0 aromatic carbocycles. The summed E-state index contributed by atoms with van der Waals surface area (Å²) in [5.41, 5.74) is 0. The van der Waals surface area contributed by atoms with E-state index in [-0.39, 0.29) is 16.9 Å². The van der Waals surface area contributed by atoms with E-state index in [4.69, 9.17) is 8.84 Å². The molecule has 1 heterocycles. The molecule has 96 valence electrons. The van der Waals surface area contributed by atoms with Gasteiger partial charge in [0.2, 0.25) is 5.89 Å². The summed E-state index contributed by atoms with van der Waals surface area (Å²) in [4.78, 5) is 14.6. The highest BCUT2D eigenvalue weighted by Gasteiger charge is 2.39. The van der Waals surface area contributed by atoms with Crippen LogP contribution in [-0.2, 0) is 4.43 Å². The first-order valence-corrected chi connectivity index (χ1v) is 8.67. The smallest absolute Gasteiger partial charge is 0.222 e. The average molecular weight is 255 g/mol. The van der Waals surface area contributed by atoms with Crippen molar-refractivity contribution in [2.24, 2.45) is 0 Å². The van der Waals surface area contributed by atoms with Gasteiger partial charge in [-0.25, -0.2) is 4.98 Å². The van der Waals surface area contributed by atoms with Gasteiger partial charge in [-0.3, -0.25) is 4.79 Å². The van der Waals surface area contributed by atoms with Crippen molar-refractivity contribution < 1.29 is 13.6 Å². The lowest BCUT2D eigenvalue weighted by molar-refractivity contribution is 0.109. The summed E-state index contributed by atoms with van der Waals surface area (Å²) < 4.78 is 11.4. The van der Waals surface area contributed by atoms with Crippen LogP contribution >= 0.6 is 0 Å². The number of nitrogens with zero attached hydrogens (tertiary/aromatic N) is 1. The molecule has 0 N–H and O–H groups in total. The molecule has 0 saturated carbocycles. The van der Waals surface area contributed by atoms with Crippen LogP contribution in [0.15, 0.2) is 10.6 Å². The van der Waals surface area contributed by atoms with Gasteiger partial charge in [-0.1, -0.05) is 20.8 Å². The number of hydrogen-bond donors (Lipinski definition) is 0. The zero-order chi connectivity index (χ0) is 13.3. The fraction of sp³-hybridized carbons (Fsp3) is 0.667. The topological polar surface area (TPSA) is 52.3 Å². The zero-order valence-electron chi connectivity index (χ0n) is 11.4. The van der Waals surface area contributed by atoms with E-state index in [1.54, 1.807) is 0 Å². The van der Waals surface area contributed by atoms with Crippen LogP contribution in [0.3, 0.4) is 0 Å². The van der Waals surface area contributed by atoms with E-state index in [2.05, 4.69) is 38.8 Å². The highest BCUT2D eigenvalue weighted by atomic mass is 28.4. The van der Waals surface area contributed by atoms with Gasteiger partial charge in [0.25, 0.3) is 0 Å². The third kappa shape index (κ3) is 3.26. The Morgan fingerprint density at radius 3 is 2.47 bits per heavy atom. The summed E-state index contributed by atoms with van der Waals surface area (Å²) in [7, 11) is -1.84. The van der Waals surface area contributed by atoms with Crippen molar-refractivity contribution in [3.8, 4) is 0 Å². The molecule has 0 amide bonds. The van der Waals surface area contributed by atoms with Crippen LogP contribution < -0.4 is 0 Å².